The quantitative estimate of drug-likeness (QED) is 0.836. The third-order valence-corrected chi connectivity index (χ3v) is 4.51. The molecule has 2 heterocycles. The highest BCUT2D eigenvalue weighted by Crippen LogP contribution is 2.28. The zero-order chi connectivity index (χ0) is 13.9. The zero-order valence-corrected chi connectivity index (χ0v) is 12.8. The van der Waals surface area contributed by atoms with Gasteiger partial charge in [0.1, 0.15) is 0 Å². The molecule has 0 aromatic carbocycles. The van der Waals surface area contributed by atoms with Gasteiger partial charge in [0.05, 0.1) is 0 Å². The third-order valence-electron chi connectivity index (χ3n) is 4.34. The summed E-state index contributed by atoms with van der Waals surface area (Å²) in [4.78, 5) is 17.7. The van der Waals surface area contributed by atoms with Gasteiger partial charge < -0.3 is 9.80 Å². The predicted molar refractivity (Wildman–Crippen MR) is 81.5 cm³/mol. The summed E-state index contributed by atoms with van der Waals surface area (Å²) in [6.07, 6.45) is 6.43. The number of hydrogen-bond acceptors (Lipinski definition) is 5. The van der Waals surface area contributed by atoms with Crippen LogP contribution >= 0.6 is 11.6 Å². The van der Waals surface area contributed by atoms with E-state index in [0.717, 1.165) is 44.0 Å². The van der Waals surface area contributed by atoms with Crippen LogP contribution in [0.15, 0.2) is 0 Å². The number of aromatic nitrogens is 3. The smallest absolute Gasteiger partial charge is 0.231 e. The zero-order valence-electron chi connectivity index (χ0n) is 12.1. The van der Waals surface area contributed by atoms with Crippen molar-refractivity contribution in [3.63, 3.8) is 0 Å². The number of rotatable bonds is 5. The molecule has 0 radical (unpaired) electrons. The van der Waals surface area contributed by atoms with Crippen molar-refractivity contribution in [2.75, 3.05) is 36.0 Å². The van der Waals surface area contributed by atoms with E-state index in [0.29, 0.717) is 5.28 Å². The fourth-order valence-electron chi connectivity index (χ4n) is 2.87. The monoisotopic (exact) mass is 295 g/mol. The van der Waals surface area contributed by atoms with Crippen molar-refractivity contribution in [1.82, 2.24) is 15.0 Å². The van der Waals surface area contributed by atoms with Crippen LogP contribution in [0, 0.1) is 5.92 Å². The minimum absolute atomic E-state index is 0.309. The van der Waals surface area contributed by atoms with Crippen LogP contribution in [0.1, 0.15) is 39.0 Å². The average Bonchev–Trinajstić information content (AvgIpc) is 2.91. The lowest BCUT2D eigenvalue weighted by Crippen LogP contribution is -2.34. The van der Waals surface area contributed by atoms with Gasteiger partial charge in [-0.15, -0.1) is 0 Å². The van der Waals surface area contributed by atoms with E-state index in [-0.39, 0.29) is 0 Å². The largest absolute Gasteiger partial charge is 0.341 e. The highest BCUT2D eigenvalue weighted by Gasteiger charge is 2.23. The Kier molecular flexibility index (Phi) is 4.24. The van der Waals surface area contributed by atoms with Gasteiger partial charge in [0.25, 0.3) is 0 Å². The molecule has 1 aromatic rings. The van der Waals surface area contributed by atoms with E-state index < -0.39 is 0 Å². The fraction of sp³-hybridized carbons (Fsp3) is 0.786. The van der Waals surface area contributed by atoms with Crippen LogP contribution in [0.25, 0.3) is 0 Å². The van der Waals surface area contributed by atoms with Crippen molar-refractivity contribution in [1.29, 1.82) is 0 Å². The molecule has 1 aromatic heterocycles. The normalized spacial score (nSPS) is 19.2. The molecule has 0 amide bonds. The van der Waals surface area contributed by atoms with Gasteiger partial charge in [-0.05, 0) is 50.1 Å². The van der Waals surface area contributed by atoms with E-state index in [4.69, 9.17) is 11.6 Å². The Morgan fingerprint density at radius 3 is 2.50 bits per heavy atom. The highest BCUT2D eigenvalue weighted by molar-refractivity contribution is 6.28. The van der Waals surface area contributed by atoms with E-state index in [9.17, 15) is 0 Å². The molecule has 0 N–H and O–H groups in total. The molecule has 0 unspecified atom stereocenters. The minimum Gasteiger partial charge on any atom is -0.341 e. The van der Waals surface area contributed by atoms with Gasteiger partial charge in [-0.25, -0.2) is 0 Å². The van der Waals surface area contributed by atoms with Crippen molar-refractivity contribution >= 4 is 23.5 Å². The molecular formula is C14H22ClN5. The molecule has 20 heavy (non-hydrogen) atoms. The Hall–Kier alpha value is -1.10. The standard InChI is InChI=1S/C14H22ClN5/c1-2-19(10-11-6-5-7-11)13-16-12(15)17-14(18-13)20-8-3-4-9-20/h11H,2-10H2,1H3. The molecule has 1 aliphatic carbocycles. The molecular weight excluding hydrogens is 274 g/mol. The van der Waals surface area contributed by atoms with E-state index in [1.165, 1.54) is 32.1 Å². The summed E-state index contributed by atoms with van der Waals surface area (Å²) in [5.74, 6) is 2.27. The molecule has 2 aliphatic rings. The summed E-state index contributed by atoms with van der Waals surface area (Å²) in [6, 6.07) is 0. The van der Waals surface area contributed by atoms with Gasteiger partial charge in [0, 0.05) is 26.2 Å². The minimum atomic E-state index is 0.309. The van der Waals surface area contributed by atoms with Gasteiger partial charge in [-0.2, -0.15) is 15.0 Å². The Bertz CT molecular complexity index is 457. The second-order valence-electron chi connectivity index (χ2n) is 5.73. The molecule has 5 nitrogen and oxygen atoms in total. The van der Waals surface area contributed by atoms with Crippen molar-refractivity contribution < 1.29 is 0 Å². The maximum Gasteiger partial charge on any atom is 0.231 e. The summed E-state index contributed by atoms with van der Waals surface area (Å²) in [5.41, 5.74) is 0. The van der Waals surface area contributed by atoms with E-state index in [1.54, 1.807) is 0 Å². The summed E-state index contributed by atoms with van der Waals surface area (Å²) < 4.78 is 0. The van der Waals surface area contributed by atoms with E-state index in [2.05, 4.69) is 31.7 Å². The van der Waals surface area contributed by atoms with Crippen LogP contribution in [-0.4, -0.2) is 41.1 Å². The fourth-order valence-corrected chi connectivity index (χ4v) is 3.02. The van der Waals surface area contributed by atoms with Crippen molar-refractivity contribution in [3.8, 4) is 0 Å². The second-order valence-corrected chi connectivity index (χ2v) is 6.07. The first-order chi connectivity index (χ1) is 9.76. The van der Waals surface area contributed by atoms with E-state index >= 15 is 0 Å². The first-order valence-electron chi connectivity index (χ1n) is 7.67. The summed E-state index contributed by atoms with van der Waals surface area (Å²) in [7, 11) is 0. The van der Waals surface area contributed by atoms with Crippen LogP contribution < -0.4 is 9.80 Å². The summed E-state index contributed by atoms with van der Waals surface area (Å²) >= 11 is 6.10. The van der Waals surface area contributed by atoms with Crippen molar-refractivity contribution in [3.05, 3.63) is 5.28 Å². The lowest BCUT2D eigenvalue weighted by Gasteiger charge is -2.32. The molecule has 1 saturated heterocycles. The van der Waals surface area contributed by atoms with Crippen LogP contribution in [0.4, 0.5) is 11.9 Å². The number of anilines is 2. The molecule has 1 aliphatic heterocycles. The number of nitrogens with zero attached hydrogens (tertiary/aromatic N) is 5. The molecule has 1 saturated carbocycles. The van der Waals surface area contributed by atoms with Gasteiger partial charge in [-0.1, -0.05) is 6.42 Å². The third kappa shape index (κ3) is 2.97. The Labute approximate surface area is 125 Å². The second kappa shape index (κ2) is 6.12. The van der Waals surface area contributed by atoms with Crippen LogP contribution in [0.2, 0.25) is 5.28 Å². The number of halogens is 1. The van der Waals surface area contributed by atoms with Crippen molar-refractivity contribution in [2.24, 2.45) is 5.92 Å². The first kappa shape index (κ1) is 13.9. The average molecular weight is 296 g/mol. The van der Waals surface area contributed by atoms with Crippen LogP contribution in [0.5, 0.6) is 0 Å². The van der Waals surface area contributed by atoms with Gasteiger partial charge >= 0.3 is 0 Å². The Morgan fingerprint density at radius 1 is 1.15 bits per heavy atom. The molecule has 110 valence electrons. The Morgan fingerprint density at radius 2 is 1.90 bits per heavy atom. The van der Waals surface area contributed by atoms with Crippen molar-refractivity contribution in [2.45, 2.75) is 39.0 Å². The highest BCUT2D eigenvalue weighted by atomic mass is 35.5. The van der Waals surface area contributed by atoms with E-state index in [1.807, 2.05) is 0 Å². The maximum atomic E-state index is 6.10. The number of hydrogen-bond donors (Lipinski definition) is 0. The molecule has 0 spiro atoms. The van der Waals surface area contributed by atoms with Gasteiger partial charge in [0.2, 0.25) is 17.2 Å². The predicted octanol–water partition coefficient (Wildman–Crippen LogP) is 2.75. The maximum absolute atomic E-state index is 6.10. The lowest BCUT2D eigenvalue weighted by molar-refractivity contribution is 0.317. The SMILES string of the molecule is CCN(CC1CCC1)c1nc(Cl)nc(N2CCCC2)n1. The van der Waals surface area contributed by atoms with Gasteiger partial charge in [0.15, 0.2) is 0 Å². The summed E-state index contributed by atoms with van der Waals surface area (Å²) in [6.45, 7) is 6.14. The summed E-state index contributed by atoms with van der Waals surface area (Å²) in [5, 5.41) is 0.309. The van der Waals surface area contributed by atoms with Crippen LogP contribution in [0.3, 0.4) is 0 Å². The lowest BCUT2D eigenvalue weighted by atomic mass is 9.85. The first-order valence-corrected chi connectivity index (χ1v) is 8.05. The molecule has 6 heteroatoms. The van der Waals surface area contributed by atoms with Gasteiger partial charge in [-0.3, -0.25) is 0 Å². The molecule has 0 bridgehead atoms. The van der Waals surface area contributed by atoms with Crippen LogP contribution in [-0.2, 0) is 0 Å². The topological polar surface area (TPSA) is 45.2 Å². The Balaban J connectivity index is 1.79. The molecule has 2 fully saturated rings. The molecule has 3 rings (SSSR count). The molecule has 0 atom stereocenters.